The van der Waals surface area contributed by atoms with Gasteiger partial charge in [0, 0.05) is 24.2 Å². The molecule has 6 heteroatoms. The number of carbonyl (C=O) groups excluding carboxylic acids is 3. The fraction of sp³-hybridized carbons (Fsp3) is 0.167. The minimum absolute atomic E-state index is 0.0581. The number of hydrogen-bond donors (Lipinski definition) is 1. The van der Waals surface area contributed by atoms with Gasteiger partial charge >= 0.3 is 0 Å². The molecule has 0 heterocycles. The normalized spacial score (nSPS) is 10.2. The van der Waals surface area contributed by atoms with Crippen LogP contribution in [0.15, 0.2) is 48.5 Å². The number of hydrogen-bond acceptors (Lipinski definition) is 3. The molecule has 0 radical (unpaired) electrons. The summed E-state index contributed by atoms with van der Waals surface area (Å²) in [7, 11) is 0. The first-order valence-electron chi connectivity index (χ1n) is 7.35. The van der Waals surface area contributed by atoms with Crippen LogP contribution in [0.4, 0.5) is 10.1 Å². The summed E-state index contributed by atoms with van der Waals surface area (Å²) >= 11 is 0. The largest absolute Gasteiger partial charge is 0.370 e. The summed E-state index contributed by atoms with van der Waals surface area (Å²) in [4.78, 5) is 37.1. The molecule has 2 aromatic rings. The molecule has 0 aliphatic rings. The van der Waals surface area contributed by atoms with Crippen molar-refractivity contribution in [1.29, 1.82) is 0 Å². The Morgan fingerprint density at radius 1 is 1.00 bits per heavy atom. The first-order valence-corrected chi connectivity index (χ1v) is 7.35. The van der Waals surface area contributed by atoms with Gasteiger partial charge in [-0.15, -0.1) is 0 Å². The van der Waals surface area contributed by atoms with Crippen LogP contribution < -0.4 is 10.6 Å². The monoisotopic (exact) mass is 328 g/mol. The lowest BCUT2D eigenvalue weighted by atomic mass is 10.1. The average molecular weight is 328 g/mol. The van der Waals surface area contributed by atoms with Gasteiger partial charge in [0.15, 0.2) is 0 Å². The lowest BCUT2D eigenvalue weighted by Gasteiger charge is -2.21. The molecule has 0 unspecified atom stereocenters. The molecule has 0 bridgehead atoms. The minimum atomic E-state index is -0.799. The number of carbonyl (C=O) groups is 3. The zero-order valence-corrected chi connectivity index (χ0v) is 13.2. The van der Waals surface area contributed by atoms with Crippen LogP contribution in [0.25, 0.3) is 0 Å². The van der Waals surface area contributed by atoms with Gasteiger partial charge in [-0.1, -0.05) is 29.8 Å². The van der Waals surface area contributed by atoms with Gasteiger partial charge in [0.05, 0.1) is 0 Å². The van der Waals surface area contributed by atoms with E-state index in [9.17, 15) is 18.8 Å². The van der Waals surface area contributed by atoms with Gasteiger partial charge in [-0.05, 0) is 31.2 Å². The highest BCUT2D eigenvalue weighted by molar-refractivity contribution is 6.47. The maximum absolute atomic E-state index is 13.1. The van der Waals surface area contributed by atoms with Crippen molar-refractivity contribution in [2.75, 3.05) is 11.4 Å². The van der Waals surface area contributed by atoms with Crippen molar-refractivity contribution in [3.63, 3.8) is 0 Å². The van der Waals surface area contributed by atoms with Gasteiger partial charge in [0.25, 0.3) is 11.7 Å². The van der Waals surface area contributed by atoms with E-state index in [1.54, 1.807) is 24.3 Å². The Labute approximate surface area is 138 Å². The molecule has 2 rings (SSSR count). The Morgan fingerprint density at radius 3 is 2.12 bits per heavy atom. The van der Waals surface area contributed by atoms with Crippen LogP contribution in [0.2, 0.25) is 0 Å². The Hall–Kier alpha value is -3.02. The summed E-state index contributed by atoms with van der Waals surface area (Å²) in [5, 5.41) is 0. The molecule has 2 amide bonds. The minimum Gasteiger partial charge on any atom is -0.370 e. The molecule has 0 saturated carbocycles. The first-order chi connectivity index (χ1) is 11.4. The number of benzene rings is 2. The number of aryl methyl sites for hydroxylation is 1. The molecule has 0 atom stereocenters. The highest BCUT2D eigenvalue weighted by Gasteiger charge is 2.24. The molecular formula is C18H17FN2O3. The number of nitrogens with zero attached hydrogens (tertiary/aromatic N) is 1. The van der Waals surface area contributed by atoms with Crippen LogP contribution in [0, 0.1) is 12.7 Å². The third-order valence-corrected chi connectivity index (χ3v) is 3.47. The van der Waals surface area contributed by atoms with Crippen LogP contribution in [0.3, 0.4) is 0 Å². The molecular weight excluding hydrogens is 311 g/mol. The quantitative estimate of drug-likeness (QED) is 0.652. The van der Waals surface area contributed by atoms with Crippen LogP contribution in [-0.2, 0) is 9.59 Å². The number of halogens is 1. The Morgan fingerprint density at radius 2 is 1.58 bits per heavy atom. The summed E-state index contributed by atoms with van der Waals surface area (Å²) in [5.74, 6) is -2.57. The molecule has 0 aliphatic heterocycles. The predicted octanol–water partition coefficient (Wildman–Crippen LogP) is 2.23. The Kier molecular flexibility index (Phi) is 5.42. The number of rotatable bonds is 6. The number of nitrogens with two attached hydrogens (primary N) is 1. The molecule has 0 aromatic heterocycles. The molecule has 0 spiro atoms. The maximum Gasteiger partial charge on any atom is 0.299 e. The Bertz CT molecular complexity index is 755. The number of Topliss-reactive ketones (excluding diaryl/α,β-unsaturated/α-hetero) is 1. The highest BCUT2D eigenvalue weighted by atomic mass is 19.1. The van der Waals surface area contributed by atoms with Crippen molar-refractivity contribution in [3.8, 4) is 0 Å². The van der Waals surface area contributed by atoms with Crippen molar-refractivity contribution >= 4 is 23.3 Å². The van der Waals surface area contributed by atoms with Gasteiger partial charge in [-0.2, -0.15) is 0 Å². The van der Waals surface area contributed by atoms with E-state index in [1.165, 1.54) is 24.3 Å². The van der Waals surface area contributed by atoms with E-state index in [0.29, 0.717) is 5.69 Å². The fourth-order valence-corrected chi connectivity index (χ4v) is 2.14. The molecule has 2 aromatic carbocycles. The van der Waals surface area contributed by atoms with E-state index < -0.39 is 23.4 Å². The molecule has 0 saturated heterocycles. The molecule has 124 valence electrons. The third kappa shape index (κ3) is 4.25. The topological polar surface area (TPSA) is 80.5 Å². The standard InChI is InChI=1S/C18H17FN2O3/c1-12-2-4-13(5-3-12)17(23)18(24)21(11-10-16(20)22)15-8-6-14(19)7-9-15/h2-9H,10-11H2,1H3,(H2,20,22). The third-order valence-electron chi connectivity index (χ3n) is 3.47. The molecule has 5 nitrogen and oxygen atoms in total. The number of anilines is 1. The first kappa shape index (κ1) is 17.3. The highest BCUT2D eigenvalue weighted by Crippen LogP contribution is 2.17. The van der Waals surface area contributed by atoms with Crippen molar-refractivity contribution < 1.29 is 18.8 Å². The van der Waals surface area contributed by atoms with Gasteiger partial charge in [0.1, 0.15) is 5.82 Å². The lowest BCUT2D eigenvalue weighted by molar-refractivity contribution is -0.118. The van der Waals surface area contributed by atoms with Crippen LogP contribution in [0.1, 0.15) is 22.3 Å². The summed E-state index contributed by atoms with van der Waals surface area (Å²) in [6, 6.07) is 11.7. The molecule has 2 N–H and O–H groups in total. The predicted molar refractivity (Wildman–Crippen MR) is 88.1 cm³/mol. The summed E-state index contributed by atoms with van der Waals surface area (Å²) in [5.41, 5.74) is 6.66. The van der Waals surface area contributed by atoms with E-state index in [4.69, 9.17) is 5.73 Å². The van der Waals surface area contributed by atoms with Crippen molar-refractivity contribution in [2.24, 2.45) is 5.73 Å². The zero-order chi connectivity index (χ0) is 17.7. The second-order valence-electron chi connectivity index (χ2n) is 5.34. The van der Waals surface area contributed by atoms with Gasteiger partial charge < -0.3 is 10.6 Å². The second kappa shape index (κ2) is 7.50. The average Bonchev–Trinajstić information content (AvgIpc) is 2.56. The van der Waals surface area contributed by atoms with Gasteiger partial charge in [-0.25, -0.2) is 4.39 Å². The smallest absolute Gasteiger partial charge is 0.299 e. The Balaban J connectivity index is 2.29. The van der Waals surface area contributed by atoms with Crippen molar-refractivity contribution in [2.45, 2.75) is 13.3 Å². The van der Waals surface area contributed by atoms with Crippen molar-refractivity contribution in [1.82, 2.24) is 0 Å². The second-order valence-corrected chi connectivity index (χ2v) is 5.34. The van der Waals surface area contributed by atoms with E-state index in [1.807, 2.05) is 6.92 Å². The molecule has 24 heavy (non-hydrogen) atoms. The SMILES string of the molecule is Cc1ccc(C(=O)C(=O)N(CCC(N)=O)c2ccc(F)cc2)cc1. The number of amides is 2. The van der Waals surface area contributed by atoms with Gasteiger partial charge in [-0.3, -0.25) is 14.4 Å². The molecule has 0 aliphatic carbocycles. The van der Waals surface area contributed by atoms with Crippen LogP contribution in [-0.4, -0.2) is 24.1 Å². The van der Waals surface area contributed by atoms with E-state index >= 15 is 0 Å². The zero-order valence-electron chi connectivity index (χ0n) is 13.2. The number of primary amides is 1. The van der Waals surface area contributed by atoms with Crippen molar-refractivity contribution in [3.05, 3.63) is 65.5 Å². The maximum atomic E-state index is 13.1. The molecule has 0 fully saturated rings. The van der Waals surface area contributed by atoms with E-state index in [-0.39, 0.29) is 18.5 Å². The number of ketones is 1. The van der Waals surface area contributed by atoms with E-state index in [0.717, 1.165) is 10.5 Å². The van der Waals surface area contributed by atoms with Gasteiger partial charge in [0.2, 0.25) is 5.91 Å². The summed E-state index contributed by atoms with van der Waals surface area (Å²) in [6.07, 6.45) is -0.107. The van der Waals surface area contributed by atoms with Crippen LogP contribution >= 0.6 is 0 Å². The summed E-state index contributed by atoms with van der Waals surface area (Å²) < 4.78 is 13.1. The lowest BCUT2D eigenvalue weighted by Crippen LogP contribution is -2.38. The fourth-order valence-electron chi connectivity index (χ4n) is 2.14. The van der Waals surface area contributed by atoms with E-state index in [2.05, 4.69) is 0 Å². The van der Waals surface area contributed by atoms with Crippen LogP contribution in [0.5, 0.6) is 0 Å². The summed E-state index contributed by atoms with van der Waals surface area (Å²) in [6.45, 7) is 1.81.